The molecule has 2 aromatic rings. The van der Waals surface area contributed by atoms with E-state index in [9.17, 15) is 24.3 Å². The summed E-state index contributed by atoms with van der Waals surface area (Å²) in [5, 5.41) is 17.0. The minimum Gasteiger partial charge on any atom is -0.481 e. The molecule has 2 heterocycles. The Kier molecular flexibility index (Phi) is 11.6. The summed E-state index contributed by atoms with van der Waals surface area (Å²) in [4.78, 5) is 60.1. The first kappa shape index (κ1) is 31.7. The van der Waals surface area contributed by atoms with Crippen LogP contribution in [0.15, 0.2) is 17.0 Å². The summed E-state index contributed by atoms with van der Waals surface area (Å²) < 4.78 is 5.65. The minimum absolute atomic E-state index is 0.0771. The summed E-state index contributed by atoms with van der Waals surface area (Å²) in [7, 11) is 1.80. The van der Waals surface area contributed by atoms with Crippen molar-refractivity contribution < 1.29 is 29.0 Å². The highest BCUT2D eigenvalue weighted by Crippen LogP contribution is 2.34. The predicted molar refractivity (Wildman–Crippen MR) is 153 cm³/mol. The topological polar surface area (TPSA) is 139 Å². The molecule has 12 heteroatoms. The molecule has 0 saturated heterocycles. The first-order chi connectivity index (χ1) is 18.9. The maximum atomic E-state index is 13.2. The largest absolute Gasteiger partial charge is 0.481 e. The van der Waals surface area contributed by atoms with Crippen LogP contribution in [0.5, 0.6) is 0 Å². The number of carboxylic acid groups (broad SMARTS) is 1. The molecule has 0 aliphatic heterocycles. The zero-order chi connectivity index (χ0) is 29.4. The van der Waals surface area contributed by atoms with Crippen molar-refractivity contribution in [3.05, 3.63) is 32.7 Å². The number of hydrogen-bond acceptors (Lipinski definition) is 9. The SMILES string of the molecule is CC(=O)O[C@H](CC(C(C)C)N(C)C(=O)CCC1CC1)c1nc(C(=O)N[C@@H](Cc2nccs2)CC(C)C(=O)O)cs1. The van der Waals surface area contributed by atoms with E-state index in [0.29, 0.717) is 30.2 Å². The van der Waals surface area contributed by atoms with Crippen LogP contribution < -0.4 is 5.32 Å². The molecule has 4 atom stereocenters. The van der Waals surface area contributed by atoms with Crippen LogP contribution >= 0.6 is 22.7 Å². The van der Waals surface area contributed by atoms with Gasteiger partial charge in [0.15, 0.2) is 6.10 Å². The Labute approximate surface area is 243 Å². The first-order valence-corrected chi connectivity index (χ1v) is 15.5. The number of aliphatic carboxylic acids is 1. The van der Waals surface area contributed by atoms with Gasteiger partial charge in [0.1, 0.15) is 10.7 Å². The third-order valence-corrected chi connectivity index (χ3v) is 8.96. The molecule has 220 valence electrons. The van der Waals surface area contributed by atoms with E-state index >= 15 is 0 Å². The number of nitrogens with one attached hydrogen (secondary N) is 1. The fourth-order valence-electron chi connectivity index (χ4n) is 4.68. The molecule has 0 aromatic carbocycles. The number of esters is 1. The number of ether oxygens (including phenoxy) is 1. The number of thiazole rings is 2. The second-order valence-electron chi connectivity index (χ2n) is 11.0. The van der Waals surface area contributed by atoms with Gasteiger partial charge < -0.3 is 20.1 Å². The standard InChI is InChI=1S/C28H40N4O6S2/c1-16(2)22(32(5)25(34)9-8-19-6-7-19)14-23(38-18(4)33)27-31-21(15-40-27)26(35)30-20(12-17(3)28(36)37)13-24-29-10-11-39-24/h10-11,15-17,19-20,22-23H,6-9,12-14H2,1-5H3,(H,30,35)(H,36,37)/t17?,20-,22?,23-/m1/s1. The predicted octanol–water partition coefficient (Wildman–Crippen LogP) is 4.72. The molecule has 2 amide bonds. The second kappa shape index (κ2) is 14.7. The normalized spacial score (nSPS) is 16.1. The van der Waals surface area contributed by atoms with Gasteiger partial charge in [-0.05, 0) is 24.7 Å². The van der Waals surface area contributed by atoms with Gasteiger partial charge in [0.05, 0.1) is 10.9 Å². The maximum Gasteiger partial charge on any atom is 0.306 e. The molecule has 1 fully saturated rings. The van der Waals surface area contributed by atoms with Gasteiger partial charge in [-0.15, -0.1) is 22.7 Å². The van der Waals surface area contributed by atoms with Gasteiger partial charge in [-0.25, -0.2) is 9.97 Å². The molecule has 10 nitrogen and oxygen atoms in total. The quantitative estimate of drug-likeness (QED) is 0.267. The molecule has 1 aliphatic rings. The van der Waals surface area contributed by atoms with E-state index in [2.05, 4.69) is 15.3 Å². The van der Waals surface area contributed by atoms with Crippen LogP contribution in [0.2, 0.25) is 0 Å². The monoisotopic (exact) mass is 592 g/mol. The summed E-state index contributed by atoms with van der Waals surface area (Å²) >= 11 is 2.66. The van der Waals surface area contributed by atoms with Crippen molar-refractivity contribution in [2.24, 2.45) is 17.8 Å². The number of carbonyl (C=O) groups excluding carboxylic acids is 3. The Morgan fingerprint density at radius 2 is 1.90 bits per heavy atom. The lowest BCUT2D eigenvalue weighted by Crippen LogP contribution is -2.41. The molecule has 0 bridgehead atoms. The van der Waals surface area contributed by atoms with Crippen molar-refractivity contribution in [1.82, 2.24) is 20.2 Å². The second-order valence-corrected chi connectivity index (χ2v) is 12.8. The van der Waals surface area contributed by atoms with Crippen LogP contribution in [0.4, 0.5) is 0 Å². The lowest BCUT2D eigenvalue weighted by atomic mass is 9.96. The highest BCUT2D eigenvalue weighted by atomic mass is 32.1. The molecule has 1 saturated carbocycles. The van der Waals surface area contributed by atoms with Crippen molar-refractivity contribution in [3.63, 3.8) is 0 Å². The Morgan fingerprint density at radius 3 is 2.48 bits per heavy atom. The number of aromatic nitrogens is 2. The minimum atomic E-state index is -0.936. The summed E-state index contributed by atoms with van der Waals surface area (Å²) in [5.41, 5.74) is 0.166. The van der Waals surface area contributed by atoms with Crippen LogP contribution in [0.3, 0.4) is 0 Å². The Bertz CT molecular complexity index is 1150. The molecular formula is C28H40N4O6S2. The summed E-state index contributed by atoms with van der Waals surface area (Å²) in [5.74, 6) is -1.64. The fraction of sp³-hybridized carbons (Fsp3) is 0.643. The van der Waals surface area contributed by atoms with Gasteiger partial charge in [0, 0.05) is 62.3 Å². The molecule has 40 heavy (non-hydrogen) atoms. The molecule has 2 N–H and O–H groups in total. The van der Waals surface area contributed by atoms with Crippen molar-refractivity contribution in [3.8, 4) is 0 Å². The van der Waals surface area contributed by atoms with Crippen molar-refractivity contribution >= 4 is 46.4 Å². The molecule has 2 aromatic heterocycles. The van der Waals surface area contributed by atoms with Gasteiger partial charge in [-0.2, -0.15) is 0 Å². The fourth-order valence-corrected chi connectivity index (χ4v) is 6.21. The number of carboxylic acids is 1. The van der Waals surface area contributed by atoms with Crippen LogP contribution in [-0.4, -0.2) is 62.9 Å². The molecule has 1 aliphatic carbocycles. The van der Waals surface area contributed by atoms with Gasteiger partial charge in [-0.3, -0.25) is 19.2 Å². The van der Waals surface area contributed by atoms with Crippen molar-refractivity contribution in [1.29, 1.82) is 0 Å². The van der Waals surface area contributed by atoms with Crippen LogP contribution in [0.1, 0.15) is 92.8 Å². The Hall–Kier alpha value is -2.86. The molecule has 0 spiro atoms. The lowest BCUT2D eigenvalue weighted by Gasteiger charge is -2.33. The number of amides is 2. The summed E-state index contributed by atoms with van der Waals surface area (Å²) in [6, 6.07) is -0.628. The number of nitrogens with zero attached hydrogens (tertiary/aromatic N) is 3. The van der Waals surface area contributed by atoms with E-state index in [1.165, 1.54) is 42.4 Å². The van der Waals surface area contributed by atoms with Gasteiger partial charge in [0.25, 0.3) is 5.91 Å². The Morgan fingerprint density at radius 1 is 1.18 bits per heavy atom. The summed E-state index contributed by atoms with van der Waals surface area (Å²) in [6.07, 6.45) is 5.77. The highest BCUT2D eigenvalue weighted by molar-refractivity contribution is 7.10. The van der Waals surface area contributed by atoms with E-state index in [0.717, 1.165) is 11.4 Å². The van der Waals surface area contributed by atoms with Crippen molar-refractivity contribution in [2.75, 3.05) is 7.05 Å². The van der Waals surface area contributed by atoms with E-state index in [4.69, 9.17) is 4.74 Å². The van der Waals surface area contributed by atoms with Crippen LogP contribution in [0, 0.1) is 17.8 Å². The van der Waals surface area contributed by atoms with Gasteiger partial charge in [-0.1, -0.05) is 33.6 Å². The van der Waals surface area contributed by atoms with E-state index in [1.807, 2.05) is 19.2 Å². The van der Waals surface area contributed by atoms with E-state index in [1.54, 1.807) is 30.4 Å². The lowest BCUT2D eigenvalue weighted by molar-refractivity contribution is -0.148. The van der Waals surface area contributed by atoms with Crippen LogP contribution in [0.25, 0.3) is 0 Å². The number of rotatable bonds is 16. The third-order valence-electron chi connectivity index (χ3n) is 7.22. The molecule has 0 radical (unpaired) electrons. The third kappa shape index (κ3) is 9.65. The zero-order valence-electron chi connectivity index (χ0n) is 23.8. The van der Waals surface area contributed by atoms with Gasteiger partial charge in [0.2, 0.25) is 5.91 Å². The Balaban J connectivity index is 1.72. The number of hydrogen-bond donors (Lipinski definition) is 2. The number of carbonyl (C=O) groups is 4. The summed E-state index contributed by atoms with van der Waals surface area (Å²) in [6.45, 7) is 6.99. The van der Waals surface area contributed by atoms with E-state index in [-0.39, 0.29) is 30.0 Å². The molecular weight excluding hydrogens is 552 g/mol. The molecule has 2 unspecified atom stereocenters. The highest BCUT2D eigenvalue weighted by Gasteiger charge is 2.32. The van der Waals surface area contributed by atoms with Gasteiger partial charge >= 0.3 is 11.9 Å². The van der Waals surface area contributed by atoms with E-state index < -0.39 is 35.9 Å². The average Bonchev–Trinajstić information content (AvgIpc) is 3.33. The van der Waals surface area contributed by atoms with Crippen LogP contribution in [-0.2, 0) is 25.5 Å². The maximum absolute atomic E-state index is 13.2. The smallest absolute Gasteiger partial charge is 0.306 e. The van der Waals surface area contributed by atoms with Crippen molar-refractivity contribution in [2.45, 2.75) is 90.8 Å². The first-order valence-electron chi connectivity index (χ1n) is 13.7. The molecule has 3 rings (SSSR count). The average molecular weight is 593 g/mol. The zero-order valence-corrected chi connectivity index (χ0v) is 25.4.